The Kier molecular flexibility index (Phi) is 4.36. The lowest BCUT2D eigenvalue weighted by Crippen LogP contribution is -2.11. The minimum Gasteiger partial charge on any atom is -0.491 e. The first-order chi connectivity index (χ1) is 8.81. The molecule has 0 unspecified atom stereocenters. The standard InChI is InChI=1S/C14H19N3O/c1-12-4-2-5-13(6-7-15)14(12)18-11-10-17-9-3-8-16-17/h2-5,8-9H,6-7,10-11,15H2,1H3. The first-order valence-electron chi connectivity index (χ1n) is 6.20. The molecule has 0 atom stereocenters. The summed E-state index contributed by atoms with van der Waals surface area (Å²) in [6, 6.07) is 8.08. The maximum absolute atomic E-state index is 5.88. The number of ether oxygens (including phenoxy) is 1. The zero-order valence-electron chi connectivity index (χ0n) is 10.7. The van der Waals surface area contributed by atoms with Gasteiger partial charge >= 0.3 is 0 Å². The van der Waals surface area contributed by atoms with Gasteiger partial charge in [0.05, 0.1) is 6.54 Å². The van der Waals surface area contributed by atoms with E-state index in [0.29, 0.717) is 13.2 Å². The van der Waals surface area contributed by atoms with Gasteiger partial charge in [-0.1, -0.05) is 18.2 Å². The maximum Gasteiger partial charge on any atom is 0.125 e. The van der Waals surface area contributed by atoms with Gasteiger partial charge in [0, 0.05) is 12.4 Å². The van der Waals surface area contributed by atoms with Crippen LogP contribution in [0.2, 0.25) is 0 Å². The summed E-state index contributed by atoms with van der Waals surface area (Å²) in [5, 5.41) is 4.15. The molecule has 2 rings (SSSR count). The first kappa shape index (κ1) is 12.6. The summed E-state index contributed by atoms with van der Waals surface area (Å²) < 4.78 is 7.74. The molecule has 1 aromatic heterocycles. The summed E-state index contributed by atoms with van der Waals surface area (Å²) in [4.78, 5) is 0. The molecular weight excluding hydrogens is 226 g/mol. The lowest BCUT2D eigenvalue weighted by molar-refractivity contribution is 0.287. The lowest BCUT2D eigenvalue weighted by Gasteiger charge is -2.13. The number of hydrogen-bond donors (Lipinski definition) is 1. The van der Waals surface area contributed by atoms with Crippen LogP contribution in [-0.2, 0) is 13.0 Å². The van der Waals surface area contributed by atoms with E-state index in [1.807, 2.05) is 23.0 Å². The molecule has 0 bridgehead atoms. The molecule has 1 heterocycles. The average Bonchev–Trinajstić information content (AvgIpc) is 2.86. The number of benzene rings is 1. The summed E-state index contributed by atoms with van der Waals surface area (Å²) in [7, 11) is 0. The van der Waals surface area contributed by atoms with Crippen LogP contribution < -0.4 is 10.5 Å². The highest BCUT2D eigenvalue weighted by atomic mass is 16.5. The minimum atomic E-state index is 0.615. The van der Waals surface area contributed by atoms with Crippen LogP contribution in [0.1, 0.15) is 11.1 Å². The van der Waals surface area contributed by atoms with E-state index in [1.165, 1.54) is 5.56 Å². The second-order valence-corrected chi connectivity index (χ2v) is 4.22. The third kappa shape index (κ3) is 3.11. The number of rotatable bonds is 6. The number of para-hydroxylation sites is 1. The van der Waals surface area contributed by atoms with Gasteiger partial charge in [-0.3, -0.25) is 4.68 Å². The van der Waals surface area contributed by atoms with E-state index in [0.717, 1.165) is 24.3 Å². The highest BCUT2D eigenvalue weighted by Gasteiger charge is 2.06. The van der Waals surface area contributed by atoms with Crippen molar-refractivity contribution in [2.24, 2.45) is 5.73 Å². The fraction of sp³-hybridized carbons (Fsp3) is 0.357. The Morgan fingerprint density at radius 3 is 2.94 bits per heavy atom. The van der Waals surface area contributed by atoms with Crippen molar-refractivity contribution in [3.63, 3.8) is 0 Å². The lowest BCUT2D eigenvalue weighted by atomic mass is 10.1. The summed E-state index contributed by atoms with van der Waals surface area (Å²) >= 11 is 0. The fourth-order valence-corrected chi connectivity index (χ4v) is 1.95. The van der Waals surface area contributed by atoms with Crippen molar-refractivity contribution in [2.45, 2.75) is 19.9 Å². The molecule has 0 saturated heterocycles. The second-order valence-electron chi connectivity index (χ2n) is 4.22. The third-order valence-corrected chi connectivity index (χ3v) is 2.83. The number of aryl methyl sites for hydroxylation is 1. The first-order valence-corrected chi connectivity index (χ1v) is 6.20. The van der Waals surface area contributed by atoms with Crippen molar-refractivity contribution in [1.82, 2.24) is 9.78 Å². The van der Waals surface area contributed by atoms with E-state index in [1.54, 1.807) is 6.20 Å². The Bertz CT molecular complexity index is 480. The highest BCUT2D eigenvalue weighted by molar-refractivity contribution is 5.40. The van der Waals surface area contributed by atoms with E-state index in [9.17, 15) is 0 Å². The Morgan fingerprint density at radius 1 is 1.33 bits per heavy atom. The number of nitrogens with two attached hydrogens (primary N) is 1. The van der Waals surface area contributed by atoms with Crippen molar-refractivity contribution in [1.29, 1.82) is 0 Å². The maximum atomic E-state index is 5.88. The van der Waals surface area contributed by atoms with Gasteiger partial charge in [-0.05, 0) is 37.1 Å². The monoisotopic (exact) mass is 245 g/mol. The van der Waals surface area contributed by atoms with Crippen LogP contribution in [0.3, 0.4) is 0 Å². The van der Waals surface area contributed by atoms with Crippen LogP contribution in [-0.4, -0.2) is 22.9 Å². The molecule has 0 aliphatic carbocycles. The smallest absolute Gasteiger partial charge is 0.125 e. The zero-order valence-corrected chi connectivity index (χ0v) is 10.7. The van der Waals surface area contributed by atoms with Gasteiger partial charge in [0.25, 0.3) is 0 Å². The highest BCUT2D eigenvalue weighted by Crippen LogP contribution is 2.23. The molecule has 0 saturated carbocycles. The van der Waals surface area contributed by atoms with Crippen LogP contribution in [0.25, 0.3) is 0 Å². The fourth-order valence-electron chi connectivity index (χ4n) is 1.95. The summed E-state index contributed by atoms with van der Waals surface area (Å²) in [6.45, 7) is 4.07. The zero-order chi connectivity index (χ0) is 12.8. The van der Waals surface area contributed by atoms with Gasteiger partial charge < -0.3 is 10.5 Å². The Labute approximate surface area is 107 Å². The van der Waals surface area contributed by atoms with Crippen molar-refractivity contribution in [2.75, 3.05) is 13.2 Å². The normalized spacial score (nSPS) is 10.6. The summed E-state index contributed by atoms with van der Waals surface area (Å²) in [6.07, 6.45) is 4.55. The van der Waals surface area contributed by atoms with Gasteiger partial charge in [0.2, 0.25) is 0 Å². The molecule has 0 aliphatic rings. The van der Waals surface area contributed by atoms with E-state index < -0.39 is 0 Å². The van der Waals surface area contributed by atoms with Gasteiger partial charge in [0.15, 0.2) is 0 Å². The third-order valence-electron chi connectivity index (χ3n) is 2.83. The molecule has 0 amide bonds. The van der Waals surface area contributed by atoms with Crippen molar-refractivity contribution in [3.8, 4) is 5.75 Å². The van der Waals surface area contributed by atoms with E-state index in [2.05, 4.69) is 24.2 Å². The molecule has 2 N–H and O–H groups in total. The predicted octanol–water partition coefficient (Wildman–Crippen LogP) is 1.77. The number of aromatic nitrogens is 2. The van der Waals surface area contributed by atoms with Gasteiger partial charge in [0.1, 0.15) is 12.4 Å². The molecule has 2 aromatic rings. The SMILES string of the molecule is Cc1cccc(CCN)c1OCCn1cccn1. The molecule has 4 nitrogen and oxygen atoms in total. The largest absolute Gasteiger partial charge is 0.491 e. The van der Waals surface area contributed by atoms with E-state index in [4.69, 9.17) is 10.5 Å². The second kappa shape index (κ2) is 6.21. The Balaban J connectivity index is 1.99. The molecule has 0 aliphatic heterocycles. The van der Waals surface area contributed by atoms with Crippen LogP contribution in [0.15, 0.2) is 36.7 Å². The van der Waals surface area contributed by atoms with Gasteiger partial charge in [-0.15, -0.1) is 0 Å². The molecule has 18 heavy (non-hydrogen) atoms. The Hall–Kier alpha value is -1.81. The van der Waals surface area contributed by atoms with Crippen LogP contribution >= 0.6 is 0 Å². The molecule has 0 radical (unpaired) electrons. The molecule has 1 aromatic carbocycles. The molecular formula is C14H19N3O. The predicted molar refractivity (Wildman–Crippen MR) is 71.7 cm³/mol. The minimum absolute atomic E-state index is 0.615. The molecule has 0 spiro atoms. The quantitative estimate of drug-likeness (QED) is 0.844. The number of hydrogen-bond acceptors (Lipinski definition) is 3. The summed E-state index contributed by atoms with van der Waals surface area (Å²) in [5.41, 5.74) is 7.95. The molecule has 0 fully saturated rings. The van der Waals surface area contributed by atoms with Crippen LogP contribution in [0, 0.1) is 6.92 Å². The van der Waals surface area contributed by atoms with E-state index in [-0.39, 0.29) is 0 Å². The Morgan fingerprint density at radius 2 is 2.22 bits per heavy atom. The topological polar surface area (TPSA) is 53.1 Å². The van der Waals surface area contributed by atoms with Crippen molar-refractivity contribution < 1.29 is 4.74 Å². The van der Waals surface area contributed by atoms with Gasteiger partial charge in [-0.25, -0.2) is 0 Å². The van der Waals surface area contributed by atoms with Crippen molar-refractivity contribution in [3.05, 3.63) is 47.8 Å². The molecule has 96 valence electrons. The van der Waals surface area contributed by atoms with E-state index >= 15 is 0 Å². The molecule has 4 heteroatoms. The number of nitrogens with zero attached hydrogens (tertiary/aromatic N) is 2. The van der Waals surface area contributed by atoms with Crippen molar-refractivity contribution >= 4 is 0 Å². The van der Waals surface area contributed by atoms with Crippen LogP contribution in [0.5, 0.6) is 5.75 Å². The average molecular weight is 245 g/mol. The van der Waals surface area contributed by atoms with Gasteiger partial charge in [-0.2, -0.15) is 5.10 Å². The summed E-state index contributed by atoms with van der Waals surface area (Å²) in [5.74, 6) is 0.968. The van der Waals surface area contributed by atoms with Crippen LogP contribution in [0.4, 0.5) is 0 Å².